The number of anilines is 2. The minimum absolute atomic E-state index is 0.259. The molecule has 6 nitrogen and oxygen atoms in total. The summed E-state index contributed by atoms with van der Waals surface area (Å²) >= 11 is 0. The zero-order valence-corrected chi connectivity index (χ0v) is 9.45. The zero-order chi connectivity index (χ0) is 12.7. The van der Waals surface area contributed by atoms with E-state index in [1.165, 1.54) is 17.1 Å². The third-order valence-electron chi connectivity index (χ3n) is 2.82. The van der Waals surface area contributed by atoms with E-state index in [0.29, 0.717) is 11.5 Å². The molecule has 0 atom stereocenters. The first-order chi connectivity index (χ1) is 8.66. The highest BCUT2D eigenvalue weighted by Crippen LogP contribution is 2.19. The molecule has 0 saturated heterocycles. The van der Waals surface area contributed by atoms with Gasteiger partial charge >= 0.3 is 5.82 Å². The lowest BCUT2D eigenvalue weighted by atomic mass is 10.2. The van der Waals surface area contributed by atoms with Crippen LogP contribution >= 0.6 is 0 Å². The van der Waals surface area contributed by atoms with Crippen LogP contribution in [-0.4, -0.2) is 9.78 Å². The topological polar surface area (TPSA) is 96.8 Å². The largest absolute Gasteiger partial charge is 0.711 e. The Morgan fingerprint density at radius 1 is 1.17 bits per heavy atom. The Morgan fingerprint density at radius 2 is 1.89 bits per heavy atom. The molecule has 0 unspecified atom stereocenters. The van der Waals surface area contributed by atoms with Crippen molar-refractivity contribution < 1.29 is 4.73 Å². The number of nitrogen functional groups attached to an aromatic ring is 2. The Morgan fingerprint density at radius 3 is 2.56 bits per heavy atom. The predicted molar refractivity (Wildman–Crippen MR) is 68.9 cm³/mol. The van der Waals surface area contributed by atoms with Gasteiger partial charge in [0.15, 0.2) is 0 Å². The molecule has 0 aliphatic rings. The second kappa shape index (κ2) is 3.63. The molecule has 2 aromatic heterocycles. The molecule has 6 heteroatoms. The Bertz CT molecular complexity index is 734. The molecule has 0 saturated carbocycles. The van der Waals surface area contributed by atoms with Crippen molar-refractivity contribution in [2.45, 2.75) is 0 Å². The molecule has 90 valence electrons. The Hall–Kier alpha value is -2.76. The Kier molecular flexibility index (Phi) is 2.09. The maximum atomic E-state index is 12.0. The fourth-order valence-electron chi connectivity index (χ4n) is 1.86. The van der Waals surface area contributed by atoms with Crippen molar-refractivity contribution in [3.63, 3.8) is 0 Å². The average molecular weight is 241 g/mol. The van der Waals surface area contributed by atoms with Gasteiger partial charge in [-0.1, -0.05) is 34.0 Å². The predicted octanol–water partition coefficient (Wildman–Crippen LogP) is 0.823. The lowest BCUT2D eigenvalue weighted by Gasteiger charge is -2.08. The van der Waals surface area contributed by atoms with Crippen LogP contribution in [0.15, 0.2) is 42.7 Å². The summed E-state index contributed by atoms with van der Waals surface area (Å²) in [4.78, 5) is 0. The molecule has 0 fully saturated rings. The number of benzene rings is 1. The van der Waals surface area contributed by atoms with Crippen molar-refractivity contribution in [1.82, 2.24) is 9.78 Å². The van der Waals surface area contributed by atoms with E-state index in [1.54, 1.807) is 6.07 Å². The highest BCUT2D eigenvalue weighted by molar-refractivity contribution is 5.82. The van der Waals surface area contributed by atoms with Crippen LogP contribution in [0.2, 0.25) is 0 Å². The number of hydrogen-bond donors (Lipinski definition) is 2. The van der Waals surface area contributed by atoms with E-state index in [9.17, 15) is 5.21 Å². The number of rotatable bonds is 1. The number of nitrogens with zero attached hydrogens (tertiary/aromatic N) is 3. The van der Waals surface area contributed by atoms with Crippen molar-refractivity contribution in [2.75, 3.05) is 11.5 Å². The summed E-state index contributed by atoms with van der Waals surface area (Å²) in [7, 11) is 0. The molecule has 0 amide bonds. The summed E-state index contributed by atoms with van der Waals surface area (Å²) in [5.74, 6) is 0.581. The maximum Gasteiger partial charge on any atom is 0.312 e. The van der Waals surface area contributed by atoms with Crippen LogP contribution < -0.4 is 16.2 Å². The van der Waals surface area contributed by atoms with E-state index >= 15 is 0 Å². The highest BCUT2D eigenvalue weighted by Gasteiger charge is 2.17. The smallest absolute Gasteiger partial charge is 0.312 e. The quantitative estimate of drug-likeness (QED) is 0.487. The average Bonchev–Trinajstić information content (AvgIpc) is 2.69. The summed E-state index contributed by atoms with van der Waals surface area (Å²) < 4.78 is 2.06. The van der Waals surface area contributed by atoms with Crippen LogP contribution in [0, 0.1) is 5.21 Å². The standard InChI is InChI=1S/C12H11N5O/c13-10-6-15-17(12(10)14)11-5-8-3-1-2-4-9(8)7-16(11)18/h1-7H,13-14H2. The minimum Gasteiger partial charge on any atom is -0.711 e. The second-order valence-electron chi connectivity index (χ2n) is 3.98. The van der Waals surface area contributed by atoms with Crippen molar-refractivity contribution in [1.29, 1.82) is 0 Å². The van der Waals surface area contributed by atoms with Gasteiger partial charge in [-0.3, -0.25) is 0 Å². The van der Waals surface area contributed by atoms with Gasteiger partial charge in [0.25, 0.3) is 0 Å². The molecule has 0 radical (unpaired) electrons. The van der Waals surface area contributed by atoms with Gasteiger partial charge in [-0.15, -0.1) is 0 Å². The summed E-state index contributed by atoms with van der Waals surface area (Å²) in [6.45, 7) is 0. The first-order valence-electron chi connectivity index (χ1n) is 5.38. The van der Waals surface area contributed by atoms with Gasteiger partial charge < -0.3 is 16.7 Å². The van der Waals surface area contributed by atoms with Crippen LogP contribution in [0.3, 0.4) is 0 Å². The first kappa shape index (κ1) is 10.4. The molecular weight excluding hydrogens is 230 g/mol. The normalized spacial score (nSPS) is 10.9. The molecule has 3 rings (SSSR count). The molecule has 4 N–H and O–H groups in total. The summed E-state index contributed by atoms with van der Waals surface area (Å²) in [5, 5.41) is 17.7. The molecule has 0 aliphatic heterocycles. The van der Waals surface area contributed by atoms with Crippen LogP contribution in [0.25, 0.3) is 16.6 Å². The lowest BCUT2D eigenvalue weighted by molar-refractivity contribution is -0.598. The van der Waals surface area contributed by atoms with Gasteiger partial charge in [-0.05, 0) is 5.39 Å². The molecule has 3 aromatic rings. The van der Waals surface area contributed by atoms with Gasteiger partial charge in [0.05, 0.1) is 6.20 Å². The van der Waals surface area contributed by atoms with Crippen LogP contribution in [-0.2, 0) is 0 Å². The fraction of sp³-hybridized carbons (Fsp3) is 0. The van der Waals surface area contributed by atoms with Gasteiger partial charge in [-0.25, -0.2) is 4.73 Å². The lowest BCUT2D eigenvalue weighted by Crippen LogP contribution is -2.32. The van der Waals surface area contributed by atoms with Gasteiger partial charge in [-0.2, -0.15) is 0 Å². The van der Waals surface area contributed by atoms with Crippen molar-refractivity contribution >= 4 is 22.3 Å². The number of aromatic nitrogens is 3. The molecular formula is C12H11N5O. The van der Waals surface area contributed by atoms with Crippen LogP contribution in [0.4, 0.5) is 11.5 Å². The maximum absolute atomic E-state index is 12.0. The molecule has 1 aromatic carbocycles. The van der Waals surface area contributed by atoms with Crippen LogP contribution in [0.5, 0.6) is 0 Å². The Balaban J connectivity index is 2.29. The minimum atomic E-state index is 0.259. The van der Waals surface area contributed by atoms with E-state index in [-0.39, 0.29) is 5.82 Å². The number of hydrogen-bond acceptors (Lipinski definition) is 4. The number of nitrogens with two attached hydrogens (primary N) is 2. The molecule has 0 bridgehead atoms. The highest BCUT2D eigenvalue weighted by atomic mass is 16.5. The van der Waals surface area contributed by atoms with Crippen molar-refractivity contribution in [3.05, 3.63) is 47.9 Å². The van der Waals surface area contributed by atoms with E-state index in [0.717, 1.165) is 15.5 Å². The van der Waals surface area contributed by atoms with Crippen molar-refractivity contribution in [2.24, 2.45) is 0 Å². The van der Waals surface area contributed by atoms with E-state index in [1.807, 2.05) is 24.3 Å². The zero-order valence-electron chi connectivity index (χ0n) is 9.45. The fourth-order valence-corrected chi connectivity index (χ4v) is 1.86. The van der Waals surface area contributed by atoms with E-state index in [2.05, 4.69) is 5.10 Å². The van der Waals surface area contributed by atoms with E-state index in [4.69, 9.17) is 11.5 Å². The van der Waals surface area contributed by atoms with Gasteiger partial charge in [0.1, 0.15) is 11.9 Å². The second-order valence-corrected chi connectivity index (χ2v) is 3.98. The molecule has 2 heterocycles. The van der Waals surface area contributed by atoms with Gasteiger partial charge in [0, 0.05) is 11.5 Å². The van der Waals surface area contributed by atoms with E-state index < -0.39 is 0 Å². The summed E-state index contributed by atoms with van der Waals surface area (Å²) in [6, 6.07) is 9.30. The number of fused-ring (bicyclic) bond motifs is 1. The monoisotopic (exact) mass is 241 g/mol. The van der Waals surface area contributed by atoms with Crippen molar-refractivity contribution in [3.8, 4) is 5.82 Å². The van der Waals surface area contributed by atoms with Crippen LogP contribution in [0.1, 0.15) is 0 Å². The third-order valence-corrected chi connectivity index (χ3v) is 2.82. The molecule has 18 heavy (non-hydrogen) atoms. The molecule has 0 aliphatic carbocycles. The molecule has 0 spiro atoms. The van der Waals surface area contributed by atoms with Gasteiger partial charge in [0.2, 0.25) is 5.82 Å². The number of pyridine rings is 1. The summed E-state index contributed by atoms with van der Waals surface area (Å²) in [5.41, 5.74) is 11.7. The Labute approximate surface area is 103 Å². The third kappa shape index (κ3) is 1.43. The SMILES string of the molecule is Nc1cnn(-c2cc3ccccc3c[n+]2[O-])c1N. The summed E-state index contributed by atoms with van der Waals surface area (Å²) in [6.07, 6.45) is 2.91. The first-order valence-corrected chi connectivity index (χ1v) is 5.38.